The third-order valence-corrected chi connectivity index (χ3v) is 7.07. The molecule has 1 fully saturated rings. The average Bonchev–Trinajstić information content (AvgIpc) is 2.95. The van der Waals surface area contributed by atoms with Crippen LogP contribution in [-0.2, 0) is 16.0 Å². The molecule has 0 N–H and O–H groups in total. The summed E-state index contributed by atoms with van der Waals surface area (Å²) in [4.78, 5) is 32.7. The fourth-order valence-electron chi connectivity index (χ4n) is 4.50. The Balaban J connectivity index is 1.54. The van der Waals surface area contributed by atoms with Crippen LogP contribution in [0.2, 0.25) is 0 Å². The number of aromatic nitrogens is 2. The molecule has 5 rings (SSSR count). The Morgan fingerprint density at radius 1 is 1.13 bits per heavy atom. The van der Waals surface area contributed by atoms with E-state index in [1.807, 2.05) is 48.5 Å². The maximum absolute atomic E-state index is 13.5. The topological polar surface area (TPSA) is 86.0 Å². The molecule has 1 aliphatic heterocycles. The number of carbonyl (C=O) groups is 1. The van der Waals surface area contributed by atoms with Gasteiger partial charge in [-0.25, -0.2) is 4.98 Å². The number of hydrogen-bond acceptors (Lipinski definition) is 6. The highest BCUT2D eigenvalue weighted by atomic mass is 79.9. The second kappa shape index (κ2) is 11.9. The van der Waals surface area contributed by atoms with Crippen LogP contribution in [0.4, 0.5) is 0 Å². The van der Waals surface area contributed by atoms with Crippen molar-refractivity contribution in [2.75, 3.05) is 32.9 Å². The average molecular weight is 577 g/mol. The Morgan fingerprint density at radius 3 is 2.76 bits per heavy atom. The largest absolute Gasteiger partial charge is 0.483 e. The number of rotatable bonds is 8. The molecule has 0 bridgehead atoms. The quantitative estimate of drug-likeness (QED) is 0.282. The predicted molar refractivity (Wildman–Crippen MR) is 152 cm³/mol. The summed E-state index contributed by atoms with van der Waals surface area (Å²) in [6.07, 6.45) is 4.12. The lowest BCUT2D eigenvalue weighted by Crippen LogP contribution is -2.43. The van der Waals surface area contributed by atoms with Gasteiger partial charge in [-0.15, -0.1) is 0 Å². The van der Waals surface area contributed by atoms with Crippen LogP contribution in [0.15, 0.2) is 69.0 Å². The first-order valence-corrected chi connectivity index (χ1v) is 13.6. The first-order chi connectivity index (χ1) is 18.5. The van der Waals surface area contributed by atoms with Gasteiger partial charge in [0.15, 0.2) is 6.61 Å². The fraction of sp³-hybridized carbons (Fsp3) is 0.310. The van der Waals surface area contributed by atoms with Crippen LogP contribution in [-0.4, -0.2) is 59.6 Å². The lowest BCUT2D eigenvalue weighted by atomic mass is 10.0. The van der Waals surface area contributed by atoms with Crippen molar-refractivity contribution in [3.05, 3.63) is 80.8 Å². The standard InChI is InChI=1S/C29H29BrN4O4/c1-2-3-8-27-32-25-11-10-21(30)17-23(25)29(36)34(27)31-18-24-22-7-5-4-6-20(22)9-12-26(24)38-19-28(35)33-13-15-37-16-14-33/h4-7,9-12,17-18H,2-3,8,13-16,19H2,1H3. The molecule has 9 heteroatoms. The van der Waals surface area contributed by atoms with Crippen LogP contribution in [0.1, 0.15) is 31.2 Å². The second-order valence-corrected chi connectivity index (χ2v) is 10.1. The minimum atomic E-state index is -0.233. The molecule has 38 heavy (non-hydrogen) atoms. The van der Waals surface area contributed by atoms with Gasteiger partial charge in [-0.3, -0.25) is 9.59 Å². The number of nitrogens with zero attached hydrogens (tertiary/aromatic N) is 4. The Bertz CT molecular complexity index is 1560. The molecule has 4 aromatic rings. The lowest BCUT2D eigenvalue weighted by Gasteiger charge is -2.26. The van der Waals surface area contributed by atoms with Crippen molar-refractivity contribution in [2.24, 2.45) is 5.10 Å². The minimum absolute atomic E-state index is 0.0908. The van der Waals surface area contributed by atoms with Gasteiger partial charge in [0.25, 0.3) is 11.5 Å². The van der Waals surface area contributed by atoms with Crippen LogP contribution >= 0.6 is 15.9 Å². The summed E-state index contributed by atoms with van der Waals surface area (Å²) in [5.74, 6) is 1.04. The van der Waals surface area contributed by atoms with Crippen LogP contribution in [0.25, 0.3) is 21.7 Å². The zero-order chi connectivity index (χ0) is 26.5. The third kappa shape index (κ3) is 5.63. The summed E-state index contributed by atoms with van der Waals surface area (Å²) < 4.78 is 13.6. The van der Waals surface area contributed by atoms with Gasteiger partial charge >= 0.3 is 0 Å². The van der Waals surface area contributed by atoms with E-state index in [0.29, 0.717) is 60.8 Å². The number of amides is 1. The van der Waals surface area contributed by atoms with Crippen molar-refractivity contribution in [1.82, 2.24) is 14.6 Å². The monoisotopic (exact) mass is 576 g/mol. The Labute approximate surface area is 229 Å². The van der Waals surface area contributed by atoms with Crippen LogP contribution in [0.5, 0.6) is 5.75 Å². The fourth-order valence-corrected chi connectivity index (χ4v) is 4.87. The first kappa shape index (κ1) is 26.1. The van der Waals surface area contributed by atoms with Crippen molar-refractivity contribution in [2.45, 2.75) is 26.2 Å². The van der Waals surface area contributed by atoms with Gasteiger partial charge < -0.3 is 14.4 Å². The van der Waals surface area contributed by atoms with Crippen molar-refractivity contribution < 1.29 is 14.3 Å². The van der Waals surface area contributed by atoms with E-state index in [1.54, 1.807) is 17.2 Å². The van der Waals surface area contributed by atoms with E-state index >= 15 is 0 Å². The van der Waals surface area contributed by atoms with Crippen LogP contribution in [0, 0.1) is 0 Å². The first-order valence-electron chi connectivity index (χ1n) is 12.8. The molecule has 0 radical (unpaired) electrons. The summed E-state index contributed by atoms with van der Waals surface area (Å²) in [6.45, 7) is 4.19. The molecule has 1 saturated heterocycles. The molecule has 0 unspecified atom stereocenters. The maximum Gasteiger partial charge on any atom is 0.282 e. The highest BCUT2D eigenvalue weighted by molar-refractivity contribution is 9.10. The molecule has 0 aliphatic carbocycles. The van der Waals surface area contributed by atoms with Gasteiger partial charge in [-0.2, -0.15) is 9.78 Å². The van der Waals surface area contributed by atoms with E-state index in [9.17, 15) is 9.59 Å². The molecular formula is C29H29BrN4O4. The normalized spacial score (nSPS) is 14.0. The predicted octanol–water partition coefficient (Wildman–Crippen LogP) is 4.77. The number of benzene rings is 3. The summed E-state index contributed by atoms with van der Waals surface area (Å²) >= 11 is 3.45. The highest BCUT2D eigenvalue weighted by Gasteiger charge is 2.18. The highest BCUT2D eigenvalue weighted by Crippen LogP contribution is 2.27. The van der Waals surface area contributed by atoms with Crippen molar-refractivity contribution in [1.29, 1.82) is 0 Å². The van der Waals surface area contributed by atoms with Gasteiger partial charge in [0.2, 0.25) is 0 Å². The summed E-state index contributed by atoms with van der Waals surface area (Å²) in [5, 5.41) is 7.04. The summed E-state index contributed by atoms with van der Waals surface area (Å²) in [5.41, 5.74) is 1.11. The van der Waals surface area contributed by atoms with E-state index in [2.05, 4.69) is 28.0 Å². The lowest BCUT2D eigenvalue weighted by molar-refractivity contribution is -0.137. The molecule has 196 valence electrons. The molecule has 3 aromatic carbocycles. The van der Waals surface area contributed by atoms with E-state index in [-0.39, 0.29) is 18.1 Å². The van der Waals surface area contributed by atoms with E-state index < -0.39 is 0 Å². The molecule has 0 saturated carbocycles. The van der Waals surface area contributed by atoms with Gasteiger partial charge in [-0.1, -0.05) is 59.6 Å². The molecule has 0 atom stereocenters. The van der Waals surface area contributed by atoms with E-state index in [0.717, 1.165) is 28.1 Å². The molecule has 1 aromatic heterocycles. The van der Waals surface area contributed by atoms with Crippen LogP contribution < -0.4 is 10.3 Å². The van der Waals surface area contributed by atoms with Crippen LogP contribution in [0.3, 0.4) is 0 Å². The van der Waals surface area contributed by atoms with Gasteiger partial charge in [0, 0.05) is 29.5 Å². The smallest absolute Gasteiger partial charge is 0.282 e. The Kier molecular flexibility index (Phi) is 8.14. The number of carbonyl (C=O) groups excluding carboxylic acids is 1. The molecule has 0 spiro atoms. The molecule has 8 nitrogen and oxygen atoms in total. The number of unbranched alkanes of at least 4 members (excludes halogenated alkanes) is 1. The number of morpholine rings is 1. The number of hydrogen-bond donors (Lipinski definition) is 0. The van der Waals surface area contributed by atoms with Crippen molar-refractivity contribution in [3.63, 3.8) is 0 Å². The van der Waals surface area contributed by atoms with Gasteiger partial charge in [-0.05, 0) is 41.5 Å². The molecular weight excluding hydrogens is 548 g/mol. The SMILES string of the molecule is CCCCc1nc2ccc(Br)cc2c(=O)n1N=Cc1c(OCC(=O)N2CCOCC2)ccc2ccccc12. The zero-order valence-corrected chi connectivity index (χ0v) is 22.8. The van der Waals surface area contributed by atoms with E-state index in [4.69, 9.17) is 14.5 Å². The van der Waals surface area contributed by atoms with Gasteiger partial charge in [0.1, 0.15) is 11.6 Å². The van der Waals surface area contributed by atoms with Gasteiger partial charge in [0.05, 0.1) is 30.3 Å². The zero-order valence-electron chi connectivity index (χ0n) is 21.2. The molecule has 2 heterocycles. The number of fused-ring (bicyclic) bond motifs is 2. The Morgan fingerprint density at radius 2 is 1.95 bits per heavy atom. The number of aryl methyl sites for hydroxylation is 1. The molecule has 1 aliphatic rings. The Hall–Kier alpha value is -3.56. The maximum atomic E-state index is 13.5. The van der Waals surface area contributed by atoms with Crippen molar-refractivity contribution in [3.8, 4) is 5.75 Å². The summed E-state index contributed by atoms with van der Waals surface area (Å²) in [7, 11) is 0. The number of halogens is 1. The second-order valence-electron chi connectivity index (χ2n) is 9.13. The summed E-state index contributed by atoms with van der Waals surface area (Å²) in [6, 6.07) is 17.2. The van der Waals surface area contributed by atoms with Crippen molar-refractivity contribution >= 4 is 49.7 Å². The number of ether oxygens (including phenoxy) is 2. The van der Waals surface area contributed by atoms with E-state index in [1.165, 1.54) is 4.68 Å². The molecule has 1 amide bonds. The third-order valence-electron chi connectivity index (χ3n) is 6.58. The minimum Gasteiger partial charge on any atom is -0.483 e.